The summed E-state index contributed by atoms with van der Waals surface area (Å²) in [7, 11) is -0.744. The zero-order valence-electron chi connectivity index (χ0n) is 12.6. The van der Waals surface area contributed by atoms with Gasteiger partial charge < -0.3 is 18.8 Å². The molecular weight excluding hydrogens is 343 g/mol. The predicted molar refractivity (Wildman–Crippen MR) is 80.8 cm³/mol. The largest absolute Gasteiger partial charge is 0.463 e. The second kappa shape index (κ2) is 7.96. The van der Waals surface area contributed by atoms with E-state index >= 15 is 0 Å². The highest BCUT2D eigenvalue weighted by Crippen LogP contribution is 2.25. The molecule has 0 unspecified atom stereocenters. The van der Waals surface area contributed by atoms with Gasteiger partial charge in [-0.1, -0.05) is 22.5 Å². The molecule has 0 saturated carbocycles. The van der Waals surface area contributed by atoms with Crippen LogP contribution in [0, 0.1) is 0 Å². The van der Waals surface area contributed by atoms with E-state index in [2.05, 4.69) is 22.5 Å². The van der Waals surface area contributed by atoms with E-state index in [1.807, 2.05) is 0 Å². The monoisotopic (exact) mass is 362 g/mol. The molecule has 8 heteroatoms. The molecule has 0 N–H and O–H groups in total. The lowest BCUT2D eigenvalue weighted by molar-refractivity contribution is -0.167. The van der Waals surface area contributed by atoms with Gasteiger partial charge in [0.2, 0.25) is 0 Å². The van der Waals surface area contributed by atoms with Gasteiger partial charge in [-0.05, 0) is 32.2 Å². The molecule has 1 rings (SSSR count). The van der Waals surface area contributed by atoms with Gasteiger partial charge in [0.05, 0.1) is 12.2 Å². The first-order chi connectivity index (χ1) is 9.70. The number of carbonyl (C=O) groups excluding carboxylic acids is 2. The van der Waals surface area contributed by atoms with Gasteiger partial charge in [-0.15, -0.1) is 0 Å². The number of hydrogen-bond acceptors (Lipinski definition) is 6. The molecular formula is C13H20BBrO6. The summed E-state index contributed by atoms with van der Waals surface area (Å²) in [6, 6.07) is 0. The second-order valence-corrected chi connectivity index (χ2v) is 6.36. The Hall–Kier alpha value is -0.855. The van der Waals surface area contributed by atoms with Crippen molar-refractivity contribution >= 4 is 35.0 Å². The van der Waals surface area contributed by atoms with Crippen molar-refractivity contribution in [2.24, 2.45) is 0 Å². The van der Waals surface area contributed by atoms with Crippen LogP contribution in [0.5, 0.6) is 0 Å². The zero-order chi connectivity index (χ0) is 16.2. The fraction of sp³-hybridized carbons (Fsp3) is 0.692. The normalized spacial score (nSPS) is 21.8. The van der Waals surface area contributed by atoms with Crippen LogP contribution in [-0.4, -0.2) is 43.5 Å². The maximum atomic E-state index is 12.0. The first-order valence-corrected chi connectivity index (χ1v) is 7.55. The minimum atomic E-state index is -1.13. The number of rotatable bonds is 6. The molecule has 1 heterocycles. The Kier molecular flexibility index (Phi) is 6.89. The van der Waals surface area contributed by atoms with Crippen LogP contribution in [0.25, 0.3) is 0 Å². The molecule has 1 fully saturated rings. The van der Waals surface area contributed by atoms with Crippen molar-refractivity contribution in [2.75, 3.05) is 0 Å². The zero-order valence-corrected chi connectivity index (χ0v) is 14.2. The van der Waals surface area contributed by atoms with Gasteiger partial charge in [0.15, 0.2) is 12.2 Å². The molecule has 0 aromatic heterocycles. The third-order valence-corrected chi connectivity index (χ3v) is 2.75. The molecule has 0 radical (unpaired) electrons. The van der Waals surface area contributed by atoms with E-state index in [-0.39, 0.29) is 12.2 Å². The van der Waals surface area contributed by atoms with E-state index in [9.17, 15) is 9.59 Å². The standard InChI is InChI=1S/C13H20BBrO6/c1-7(2)18-12(16)10-11(13(17)19-8(3)4)21-14(20-10)6-9(5)15/h7-8,10-11H,5-6H2,1-4H3/t10-,11-/m0/s1. The van der Waals surface area contributed by atoms with Crippen LogP contribution in [0.1, 0.15) is 27.7 Å². The van der Waals surface area contributed by atoms with Crippen LogP contribution in [0.15, 0.2) is 11.1 Å². The highest BCUT2D eigenvalue weighted by molar-refractivity contribution is 9.11. The minimum absolute atomic E-state index is 0.312. The summed E-state index contributed by atoms with van der Waals surface area (Å²) in [5.74, 6) is -1.28. The van der Waals surface area contributed by atoms with Crippen molar-refractivity contribution in [3.63, 3.8) is 0 Å². The molecule has 0 aromatic carbocycles. The third-order valence-electron chi connectivity index (χ3n) is 2.43. The number of halogens is 1. The molecule has 0 aromatic rings. The van der Waals surface area contributed by atoms with Crippen molar-refractivity contribution in [3.05, 3.63) is 11.1 Å². The SMILES string of the molecule is C=C(Br)CB1O[C@H](C(=O)OC(C)C)[C@@H](C(=O)OC(C)C)O1. The fourth-order valence-corrected chi connectivity index (χ4v) is 2.00. The lowest BCUT2D eigenvalue weighted by Crippen LogP contribution is -2.40. The summed E-state index contributed by atoms with van der Waals surface area (Å²) in [6.07, 6.45) is -2.57. The van der Waals surface area contributed by atoms with E-state index in [1.54, 1.807) is 27.7 Å². The Balaban J connectivity index is 2.80. The summed E-state index contributed by atoms with van der Waals surface area (Å²) in [5, 5.41) is 0. The number of esters is 2. The predicted octanol–water partition coefficient (Wildman–Crippen LogP) is 2.07. The number of allylic oxidation sites excluding steroid dienone is 1. The maximum absolute atomic E-state index is 12.0. The summed E-state index contributed by atoms with van der Waals surface area (Å²) in [6.45, 7) is 10.5. The van der Waals surface area contributed by atoms with Crippen LogP contribution in [-0.2, 0) is 28.4 Å². The Bertz CT molecular complexity index is 381. The van der Waals surface area contributed by atoms with Gasteiger partial charge in [-0.2, -0.15) is 0 Å². The molecule has 0 bridgehead atoms. The molecule has 1 aliphatic heterocycles. The summed E-state index contributed by atoms with van der Waals surface area (Å²) < 4.78 is 21.7. The first kappa shape index (κ1) is 18.2. The smallest absolute Gasteiger partial charge is 0.461 e. The number of carbonyl (C=O) groups is 2. The number of hydrogen-bond donors (Lipinski definition) is 0. The second-order valence-electron chi connectivity index (χ2n) is 5.24. The third kappa shape index (κ3) is 5.80. The van der Waals surface area contributed by atoms with E-state index in [4.69, 9.17) is 18.8 Å². The van der Waals surface area contributed by atoms with Crippen molar-refractivity contribution in [3.8, 4) is 0 Å². The quantitative estimate of drug-likeness (QED) is 0.532. The van der Waals surface area contributed by atoms with Gasteiger partial charge in [-0.25, -0.2) is 9.59 Å². The molecule has 0 aliphatic carbocycles. The first-order valence-electron chi connectivity index (χ1n) is 6.76. The van der Waals surface area contributed by atoms with Gasteiger partial charge in [-0.3, -0.25) is 0 Å². The van der Waals surface area contributed by atoms with Crippen LogP contribution in [0.4, 0.5) is 0 Å². The average molecular weight is 363 g/mol. The Morgan fingerprint density at radius 3 is 1.76 bits per heavy atom. The van der Waals surface area contributed by atoms with Crippen LogP contribution < -0.4 is 0 Å². The van der Waals surface area contributed by atoms with Crippen molar-refractivity contribution in [1.29, 1.82) is 0 Å². The maximum Gasteiger partial charge on any atom is 0.463 e. The minimum Gasteiger partial charge on any atom is -0.461 e. The molecule has 0 amide bonds. The van der Waals surface area contributed by atoms with Crippen LogP contribution in [0.2, 0.25) is 6.32 Å². The Labute approximate surface area is 133 Å². The van der Waals surface area contributed by atoms with Gasteiger partial charge in [0, 0.05) is 6.32 Å². The lowest BCUT2D eigenvalue weighted by atomic mass is 9.85. The lowest BCUT2D eigenvalue weighted by Gasteiger charge is -2.18. The van der Waals surface area contributed by atoms with Crippen molar-refractivity contribution in [2.45, 2.75) is 58.4 Å². The van der Waals surface area contributed by atoms with Gasteiger partial charge in [0.1, 0.15) is 0 Å². The molecule has 118 valence electrons. The summed E-state index contributed by atoms with van der Waals surface area (Å²) in [5.41, 5.74) is 0. The fourth-order valence-electron chi connectivity index (χ4n) is 1.74. The van der Waals surface area contributed by atoms with E-state index in [0.717, 1.165) is 0 Å². The molecule has 2 atom stereocenters. The van der Waals surface area contributed by atoms with Crippen molar-refractivity contribution in [1.82, 2.24) is 0 Å². The van der Waals surface area contributed by atoms with E-state index < -0.39 is 31.3 Å². The van der Waals surface area contributed by atoms with E-state index in [0.29, 0.717) is 10.8 Å². The topological polar surface area (TPSA) is 71.1 Å². The molecule has 1 aliphatic rings. The molecule has 1 saturated heterocycles. The summed E-state index contributed by atoms with van der Waals surface area (Å²) >= 11 is 3.19. The highest BCUT2D eigenvalue weighted by atomic mass is 79.9. The highest BCUT2D eigenvalue weighted by Gasteiger charge is 2.49. The molecule has 0 spiro atoms. The van der Waals surface area contributed by atoms with Gasteiger partial charge in [0.25, 0.3) is 0 Å². The number of ether oxygens (including phenoxy) is 2. The average Bonchev–Trinajstić information content (AvgIpc) is 2.70. The molecule has 6 nitrogen and oxygen atoms in total. The van der Waals surface area contributed by atoms with Gasteiger partial charge >= 0.3 is 19.1 Å². The van der Waals surface area contributed by atoms with E-state index in [1.165, 1.54) is 0 Å². The van der Waals surface area contributed by atoms with Crippen LogP contribution in [0.3, 0.4) is 0 Å². The summed E-state index contributed by atoms with van der Waals surface area (Å²) in [4.78, 5) is 24.0. The Morgan fingerprint density at radius 2 is 1.48 bits per heavy atom. The van der Waals surface area contributed by atoms with Crippen molar-refractivity contribution < 1.29 is 28.4 Å². The van der Waals surface area contributed by atoms with Crippen LogP contribution >= 0.6 is 15.9 Å². The Morgan fingerprint density at radius 1 is 1.10 bits per heavy atom. The molecule has 21 heavy (non-hydrogen) atoms.